The molecule has 162 valence electrons. The molecular weight excluding hydrogens is 463 g/mol. The van der Waals surface area contributed by atoms with Crippen LogP contribution < -0.4 is 10.1 Å². The molecule has 1 atom stereocenters. The van der Waals surface area contributed by atoms with Gasteiger partial charge < -0.3 is 15.0 Å². The SMILES string of the molecule is CCC(C(=O)NC)N(Cc1ccc(F)cc1)C(=O)COc1ccc2ccccc2c1Br. The quantitative estimate of drug-likeness (QED) is 0.503. The molecule has 1 N–H and O–H groups in total. The van der Waals surface area contributed by atoms with Gasteiger partial charge in [-0.15, -0.1) is 0 Å². The van der Waals surface area contributed by atoms with Gasteiger partial charge in [-0.25, -0.2) is 4.39 Å². The van der Waals surface area contributed by atoms with Crippen LogP contribution >= 0.6 is 15.9 Å². The monoisotopic (exact) mass is 486 g/mol. The van der Waals surface area contributed by atoms with Gasteiger partial charge in [-0.1, -0.05) is 49.4 Å². The number of carbonyl (C=O) groups excluding carboxylic acids is 2. The molecule has 3 aromatic rings. The Morgan fingerprint density at radius 2 is 1.81 bits per heavy atom. The number of likely N-dealkylation sites (N-methyl/N-ethyl adjacent to an activating group) is 1. The van der Waals surface area contributed by atoms with Crippen LogP contribution in [-0.2, 0) is 16.1 Å². The van der Waals surface area contributed by atoms with Crippen molar-refractivity contribution < 1.29 is 18.7 Å². The summed E-state index contributed by atoms with van der Waals surface area (Å²) in [5, 5.41) is 4.64. The average molecular weight is 487 g/mol. The number of benzene rings is 3. The van der Waals surface area contributed by atoms with E-state index < -0.39 is 6.04 Å². The second kappa shape index (κ2) is 10.4. The van der Waals surface area contributed by atoms with Crippen molar-refractivity contribution in [1.29, 1.82) is 0 Å². The highest BCUT2D eigenvalue weighted by Gasteiger charge is 2.28. The van der Waals surface area contributed by atoms with Gasteiger partial charge in [0.15, 0.2) is 6.61 Å². The van der Waals surface area contributed by atoms with Crippen LogP contribution in [0.1, 0.15) is 18.9 Å². The van der Waals surface area contributed by atoms with Gasteiger partial charge >= 0.3 is 0 Å². The zero-order valence-corrected chi connectivity index (χ0v) is 19.0. The Hall–Kier alpha value is -2.93. The lowest BCUT2D eigenvalue weighted by Crippen LogP contribution is -2.49. The molecule has 7 heteroatoms. The highest BCUT2D eigenvalue weighted by molar-refractivity contribution is 9.10. The molecule has 31 heavy (non-hydrogen) atoms. The van der Waals surface area contributed by atoms with Crippen LogP contribution in [-0.4, -0.2) is 36.4 Å². The van der Waals surface area contributed by atoms with Crippen molar-refractivity contribution in [2.75, 3.05) is 13.7 Å². The molecule has 3 aromatic carbocycles. The number of carbonyl (C=O) groups is 2. The fourth-order valence-corrected chi connectivity index (χ4v) is 4.03. The van der Waals surface area contributed by atoms with Gasteiger partial charge in [-0.3, -0.25) is 9.59 Å². The van der Waals surface area contributed by atoms with Crippen LogP contribution in [0.3, 0.4) is 0 Å². The van der Waals surface area contributed by atoms with E-state index in [1.165, 1.54) is 24.1 Å². The predicted octanol–water partition coefficient (Wildman–Crippen LogP) is 4.67. The van der Waals surface area contributed by atoms with Crippen molar-refractivity contribution >= 4 is 38.5 Å². The van der Waals surface area contributed by atoms with Crippen molar-refractivity contribution in [3.05, 3.63) is 76.5 Å². The molecule has 1 unspecified atom stereocenters. The fourth-order valence-electron chi connectivity index (χ4n) is 3.42. The van der Waals surface area contributed by atoms with E-state index in [1.54, 1.807) is 18.2 Å². The summed E-state index contributed by atoms with van der Waals surface area (Å²) in [5.74, 6) is -0.407. The van der Waals surface area contributed by atoms with Crippen LogP contribution in [0.4, 0.5) is 4.39 Å². The van der Waals surface area contributed by atoms with Crippen molar-refractivity contribution in [2.24, 2.45) is 0 Å². The topological polar surface area (TPSA) is 58.6 Å². The normalized spacial score (nSPS) is 11.7. The molecule has 0 spiro atoms. The molecule has 0 saturated carbocycles. The van der Waals surface area contributed by atoms with Crippen molar-refractivity contribution in [2.45, 2.75) is 25.9 Å². The highest BCUT2D eigenvalue weighted by Crippen LogP contribution is 2.33. The number of fused-ring (bicyclic) bond motifs is 1. The Balaban J connectivity index is 1.81. The first kappa shape index (κ1) is 22.7. The fraction of sp³-hybridized carbons (Fsp3) is 0.250. The number of nitrogens with one attached hydrogen (secondary N) is 1. The van der Waals surface area contributed by atoms with Crippen LogP contribution in [0, 0.1) is 5.82 Å². The van der Waals surface area contributed by atoms with E-state index in [2.05, 4.69) is 21.2 Å². The molecule has 0 radical (unpaired) electrons. The first-order valence-corrected chi connectivity index (χ1v) is 10.8. The maximum atomic E-state index is 13.3. The molecule has 0 bridgehead atoms. The second-order valence-electron chi connectivity index (χ2n) is 7.07. The number of rotatable bonds is 8. The summed E-state index contributed by atoms with van der Waals surface area (Å²) in [4.78, 5) is 27.0. The molecule has 0 aliphatic heterocycles. The lowest BCUT2D eigenvalue weighted by Gasteiger charge is -2.30. The summed E-state index contributed by atoms with van der Waals surface area (Å²) >= 11 is 3.56. The van der Waals surface area contributed by atoms with Crippen molar-refractivity contribution in [1.82, 2.24) is 10.2 Å². The third-order valence-electron chi connectivity index (χ3n) is 5.08. The van der Waals surface area contributed by atoms with Gasteiger partial charge in [-0.05, 0) is 56.9 Å². The lowest BCUT2D eigenvalue weighted by atomic mass is 10.1. The van der Waals surface area contributed by atoms with Gasteiger partial charge in [-0.2, -0.15) is 0 Å². The Morgan fingerprint density at radius 1 is 1.10 bits per heavy atom. The zero-order chi connectivity index (χ0) is 22.4. The van der Waals surface area contributed by atoms with E-state index in [0.29, 0.717) is 12.2 Å². The van der Waals surface area contributed by atoms with E-state index in [-0.39, 0.29) is 30.8 Å². The zero-order valence-electron chi connectivity index (χ0n) is 17.4. The summed E-state index contributed by atoms with van der Waals surface area (Å²) < 4.78 is 19.9. The Bertz CT molecular complexity index is 1070. The van der Waals surface area contributed by atoms with Crippen molar-refractivity contribution in [3.63, 3.8) is 0 Å². The number of hydrogen-bond acceptors (Lipinski definition) is 3. The van der Waals surface area contributed by atoms with Crippen LogP contribution in [0.2, 0.25) is 0 Å². The van der Waals surface area contributed by atoms with E-state index in [9.17, 15) is 14.0 Å². The molecule has 2 amide bonds. The minimum Gasteiger partial charge on any atom is -0.483 e. The van der Waals surface area contributed by atoms with Gasteiger partial charge in [0.2, 0.25) is 5.91 Å². The van der Waals surface area contributed by atoms with Crippen molar-refractivity contribution in [3.8, 4) is 5.75 Å². The molecule has 0 saturated heterocycles. The summed E-state index contributed by atoms with van der Waals surface area (Å²) in [5.41, 5.74) is 0.726. The van der Waals surface area contributed by atoms with E-state index in [1.807, 2.05) is 37.3 Å². The number of ether oxygens (including phenoxy) is 1. The Morgan fingerprint density at radius 3 is 2.48 bits per heavy atom. The van der Waals surface area contributed by atoms with Crippen LogP contribution in [0.5, 0.6) is 5.75 Å². The largest absolute Gasteiger partial charge is 0.483 e. The summed E-state index contributed by atoms with van der Waals surface area (Å²) in [7, 11) is 1.54. The maximum Gasteiger partial charge on any atom is 0.261 e. The number of nitrogens with zero attached hydrogens (tertiary/aromatic N) is 1. The van der Waals surface area contributed by atoms with E-state index in [4.69, 9.17) is 4.74 Å². The first-order chi connectivity index (χ1) is 14.9. The van der Waals surface area contributed by atoms with Gasteiger partial charge in [0.05, 0.1) is 4.47 Å². The molecule has 0 aromatic heterocycles. The second-order valence-corrected chi connectivity index (χ2v) is 7.87. The summed E-state index contributed by atoms with van der Waals surface area (Å²) in [6, 6.07) is 16.8. The van der Waals surface area contributed by atoms with Gasteiger partial charge in [0.25, 0.3) is 5.91 Å². The smallest absolute Gasteiger partial charge is 0.261 e. The van der Waals surface area contributed by atoms with Gasteiger partial charge in [0, 0.05) is 13.6 Å². The molecule has 0 aliphatic carbocycles. The van der Waals surface area contributed by atoms with Crippen LogP contribution in [0.25, 0.3) is 10.8 Å². The standard InChI is InChI=1S/C24H24BrFN2O3/c1-3-20(24(30)27-2)28(14-16-8-11-18(26)12-9-16)22(29)15-31-21-13-10-17-6-4-5-7-19(17)23(21)25/h4-13,20H,3,14-15H2,1-2H3,(H,27,30). The Labute approximate surface area is 189 Å². The third kappa shape index (κ3) is 5.41. The predicted molar refractivity (Wildman–Crippen MR) is 122 cm³/mol. The minimum atomic E-state index is -0.661. The molecule has 0 aliphatic rings. The Kier molecular flexibility index (Phi) is 7.63. The number of hydrogen-bond donors (Lipinski definition) is 1. The number of amides is 2. The summed E-state index contributed by atoms with van der Waals surface area (Å²) in [6.45, 7) is 1.78. The van der Waals surface area contributed by atoms with Crippen LogP contribution in [0.15, 0.2) is 65.1 Å². The molecule has 0 fully saturated rings. The molecule has 5 nitrogen and oxygen atoms in total. The van der Waals surface area contributed by atoms with Gasteiger partial charge in [0.1, 0.15) is 17.6 Å². The molecular formula is C24H24BrFN2O3. The van der Waals surface area contributed by atoms with E-state index in [0.717, 1.165) is 20.8 Å². The van der Waals surface area contributed by atoms with E-state index >= 15 is 0 Å². The molecule has 0 heterocycles. The number of halogens is 2. The average Bonchev–Trinajstić information content (AvgIpc) is 2.79. The molecule has 3 rings (SSSR count). The minimum absolute atomic E-state index is 0.174. The maximum absolute atomic E-state index is 13.3. The third-order valence-corrected chi connectivity index (χ3v) is 5.90. The lowest BCUT2D eigenvalue weighted by molar-refractivity contribution is -0.142. The summed E-state index contributed by atoms with van der Waals surface area (Å²) in [6.07, 6.45) is 0.437. The highest BCUT2D eigenvalue weighted by atomic mass is 79.9. The first-order valence-electron chi connectivity index (χ1n) is 10.00.